The van der Waals surface area contributed by atoms with Crippen molar-refractivity contribution in [2.75, 3.05) is 26.4 Å². The van der Waals surface area contributed by atoms with Gasteiger partial charge in [-0.1, -0.05) is 272 Å². The zero-order valence-corrected chi connectivity index (χ0v) is 61.4. The summed E-state index contributed by atoms with van der Waals surface area (Å²) in [5.41, 5.74) is 0. The maximum Gasteiger partial charge on any atom is 0.472 e. The Labute approximate surface area is 587 Å². The summed E-state index contributed by atoms with van der Waals surface area (Å²) in [4.78, 5) is 51.0. The van der Waals surface area contributed by atoms with Gasteiger partial charge < -0.3 is 89.1 Å². The number of hydrogen-bond donors (Lipinski definition) is 11. The Hall–Kier alpha value is -2.04. The minimum atomic E-state index is -5.69. The highest BCUT2D eigenvalue weighted by Gasteiger charge is 2.58. The third kappa shape index (κ3) is 37.6. The minimum Gasteiger partial charge on any atom is -0.463 e. The predicted octanol–water partition coefficient (Wildman–Crippen LogP) is 10.8. The van der Waals surface area contributed by atoms with Crippen LogP contribution in [0.25, 0.3) is 0 Å². The number of esters is 3. The van der Waals surface area contributed by atoms with E-state index in [1.54, 1.807) is 0 Å². The zero-order chi connectivity index (χ0) is 71.9. The van der Waals surface area contributed by atoms with Gasteiger partial charge in [0.1, 0.15) is 98.7 Å². The largest absolute Gasteiger partial charge is 0.472 e. The van der Waals surface area contributed by atoms with Crippen LogP contribution in [0.4, 0.5) is 0 Å². The van der Waals surface area contributed by atoms with Crippen molar-refractivity contribution in [1.82, 2.24) is 0 Å². The van der Waals surface area contributed by atoms with Gasteiger partial charge in [-0.25, -0.2) is 4.57 Å². The SMILES string of the molecule is CCCCCCCCCCCCCCCCCCC(=O)OCC1OC(OC2C(O)C(O)C(O)C(OC3OC(CO)C(O)C(O)C3O)C2OP(=O)(O)OCC(COC(=O)CCCCCCCCCCCCC)OC(=O)CCCCCCCCC(C)CCCCCCCC)C(O)C(O)C1O. The van der Waals surface area contributed by atoms with Crippen molar-refractivity contribution in [3.8, 4) is 0 Å². The van der Waals surface area contributed by atoms with Crippen LogP contribution in [0.1, 0.15) is 310 Å². The van der Waals surface area contributed by atoms with Crippen molar-refractivity contribution < 1.29 is 117 Å². The van der Waals surface area contributed by atoms with E-state index in [0.717, 1.165) is 96.3 Å². The number of carbonyl (C=O) groups is 3. The second-order valence-corrected chi connectivity index (χ2v) is 29.8. The van der Waals surface area contributed by atoms with Gasteiger partial charge in [0, 0.05) is 19.3 Å². The van der Waals surface area contributed by atoms with Crippen LogP contribution in [-0.2, 0) is 61.2 Å². The molecule has 24 nitrogen and oxygen atoms in total. The van der Waals surface area contributed by atoms with Crippen molar-refractivity contribution in [3.63, 3.8) is 0 Å². The third-order valence-corrected chi connectivity index (χ3v) is 20.5. The summed E-state index contributed by atoms with van der Waals surface area (Å²) in [6.07, 6.45) is 10.3. The van der Waals surface area contributed by atoms with Gasteiger partial charge >= 0.3 is 25.7 Å². The van der Waals surface area contributed by atoms with Crippen molar-refractivity contribution in [1.29, 1.82) is 0 Å². The lowest BCUT2D eigenvalue weighted by Crippen LogP contribution is -2.69. The summed E-state index contributed by atoms with van der Waals surface area (Å²) in [5.74, 6) is -1.30. The molecule has 3 rings (SSSR count). The van der Waals surface area contributed by atoms with Gasteiger partial charge in [0.05, 0.1) is 13.2 Å². The first-order valence-electron chi connectivity index (χ1n) is 38.7. The lowest BCUT2D eigenvalue weighted by atomic mass is 9.84. The Morgan fingerprint density at radius 3 is 1.10 bits per heavy atom. The molecule has 3 aliphatic rings. The number of aliphatic hydroxyl groups is 10. The quantitative estimate of drug-likeness (QED) is 0.0117. The van der Waals surface area contributed by atoms with E-state index in [0.29, 0.717) is 25.2 Å². The maximum absolute atomic E-state index is 14.3. The molecule has 0 aromatic heterocycles. The van der Waals surface area contributed by atoms with Gasteiger partial charge in [0.15, 0.2) is 18.7 Å². The van der Waals surface area contributed by atoms with E-state index >= 15 is 0 Å². The van der Waals surface area contributed by atoms with Gasteiger partial charge in [-0.2, -0.15) is 0 Å². The van der Waals surface area contributed by atoms with Gasteiger partial charge in [-0.05, 0) is 25.2 Å². The molecule has 0 aromatic rings. The average molecular weight is 1430 g/mol. The normalized spacial score (nSPS) is 27.9. The van der Waals surface area contributed by atoms with Crippen molar-refractivity contribution in [3.05, 3.63) is 0 Å². The highest BCUT2D eigenvalue weighted by atomic mass is 31.2. The number of hydrogen-bond acceptors (Lipinski definition) is 23. The zero-order valence-electron chi connectivity index (χ0n) is 60.5. The topological polar surface area (TPSA) is 374 Å². The van der Waals surface area contributed by atoms with Crippen molar-refractivity contribution in [2.45, 2.75) is 414 Å². The predicted molar refractivity (Wildman–Crippen MR) is 370 cm³/mol. The Kier molecular flexibility index (Phi) is 50.2. The van der Waals surface area contributed by atoms with Gasteiger partial charge in [0.25, 0.3) is 0 Å². The number of phosphoric ester groups is 1. The summed E-state index contributed by atoms with van der Waals surface area (Å²) in [6.45, 7) is 5.78. The second-order valence-electron chi connectivity index (χ2n) is 28.4. The number of ether oxygens (including phenoxy) is 7. The smallest absolute Gasteiger partial charge is 0.463 e. The molecule has 0 amide bonds. The van der Waals surface area contributed by atoms with E-state index in [9.17, 15) is 74.9 Å². The molecule has 11 N–H and O–H groups in total. The molecule has 578 valence electrons. The molecule has 19 unspecified atom stereocenters. The number of carbonyl (C=O) groups excluding carboxylic acids is 3. The number of rotatable bonds is 60. The standard InChI is InChI=1S/C73H137O24P/c1-5-8-11-14-17-19-21-22-23-24-25-27-29-31-37-42-47-58(76)90-52-56-61(79)63(81)68(86)73(94-56)96-70-66(84)64(82)65(83)69(95-72-67(85)62(80)60(78)55(49-74)93-72)71(70)97-98(87,88)91-51-54(50-89-57(75)46-41-36-30-28-26-20-18-15-12-9-6-2)92-59(77)48-43-38-33-32-35-40-45-53(4)44-39-34-16-13-10-7-3/h53-56,60-74,78-86H,5-52H2,1-4H3,(H,87,88). The molecule has 1 saturated carbocycles. The molecule has 0 bridgehead atoms. The highest BCUT2D eigenvalue weighted by Crippen LogP contribution is 2.49. The molecule has 0 radical (unpaired) electrons. The van der Waals surface area contributed by atoms with Crippen LogP contribution in [0.2, 0.25) is 0 Å². The number of unbranched alkanes of at least 4 members (excludes halogenated alkanes) is 35. The molecule has 98 heavy (non-hydrogen) atoms. The Balaban J connectivity index is 1.72. The number of phosphoric acid groups is 1. The van der Waals surface area contributed by atoms with Gasteiger partial charge in [-0.3, -0.25) is 23.4 Å². The van der Waals surface area contributed by atoms with Crippen LogP contribution >= 0.6 is 7.82 Å². The summed E-state index contributed by atoms with van der Waals surface area (Å²) in [7, 11) is -5.69. The molecule has 3 fully saturated rings. The first-order valence-corrected chi connectivity index (χ1v) is 40.2. The molecule has 1 aliphatic carbocycles. The van der Waals surface area contributed by atoms with Crippen LogP contribution in [-0.4, -0.2) is 204 Å². The highest BCUT2D eigenvalue weighted by molar-refractivity contribution is 7.47. The molecule has 19 atom stereocenters. The maximum atomic E-state index is 14.3. The first-order chi connectivity index (χ1) is 47.2. The lowest BCUT2D eigenvalue weighted by molar-refractivity contribution is -0.360. The van der Waals surface area contributed by atoms with E-state index < -0.39 is 156 Å². The fourth-order valence-electron chi connectivity index (χ4n) is 13.1. The van der Waals surface area contributed by atoms with Crippen LogP contribution < -0.4 is 0 Å². The Bertz CT molecular complexity index is 2050. The molecule has 0 aromatic carbocycles. The average Bonchev–Trinajstić information content (AvgIpc) is 0.762. The minimum absolute atomic E-state index is 0.0336. The summed E-state index contributed by atoms with van der Waals surface area (Å²) in [5, 5.41) is 110. The van der Waals surface area contributed by atoms with Crippen LogP contribution in [0.15, 0.2) is 0 Å². The van der Waals surface area contributed by atoms with Crippen molar-refractivity contribution >= 4 is 25.7 Å². The second kappa shape index (κ2) is 54.6. The molecule has 25 heteroatoms. The Morgan fingerprint density at radius 1 is 0.388 bits per heavy atom. The molecular formula is C73H137O24P. The van der Waals surface area contributed by atoms with Crippen LogP contribution in [0.5, 0.6) is 0 Å². The molecule has 0 spiro atoms. The van der Waals surface area contributed by atoms with E-state index in [2.05, 4.69) is 27.7 Å². The molecular weight excluding hydrogens is 1290 g/mol. The third-order valence-electron chi connectivity index (χ3n) is 19.5. The molecule has 2 heterocycles. The van der Waals surface area contributed by atoms with E-state index in [1.165, 1.54) is 148 Å². The number of aliphatic hydroxyl groups excluding tert-OH is 10. The van der Waals surface area contributed by atoms with E-state index in [-0.39, 0.29) is 19.3 Å². The van der Waals surface area contributed by atoms with E-state index in [4.69, 9.17) is 42.2 Å². The molecule has 2 saturated heterocycles. The molecule has 2 aliphatic heterocycles. The Morgan fingerprint density at radius 2 is 0.714 bits per heavy atom. The van der Waals surface area contributed by atoms with Gasteiger partial charge in [0.2, 0.25) is 0 Å². The monoisotopic (exact) mass is 1430 g/mol. The van der Waals surface area contributed by atoms with Crippen LogP contribution in [0, 0.1) is 5.92 Å². The summed E-state index contributed by atoms with van der Waals surface area (Å²) in [6, 6.07) is 0. The van der Waals surface area contributed by atoms with Crippen LogP contribution in [0.3, 0.4) is 0 Å². The summed E-state index contributed by atoms with van der Waals surface area (Å²) < 4.78 is 65.1. The first kappa shape index (κ1) is 90.2. The van der Waals surface area contributed by atoms with E-state index in [1.807, 2.05) is 0 Å². The van der Waals surface area contributed by atoms with Crippen molar-refractivity contribution in [2.24, 2.45) is 5.92 Å². The fourth-order valence-corrected chi connectivity index (χ4v) is 14.1. The van der Waals surface area contributed by atoms with Gasteiger partial charge in [-0.15, -0.1) is 0 Å². The lowest BCUT2D eigenvalue weighted by Gasteiger charge is -2.49. The fraction of sp³-hybridized carbons (Fsp3) is 0.959. The summed E-state index contributed by atoms with van der Waals surface area (Å²) >= 11 is 0.